The maximum absolute atomic E-state index is 13.3. The summed E-state index contributed by atoms with van der Waals surface area (Å²) in [6.45, 7) is 1.82. The third-order valence-electron chi connectivity index (χ3n) is 6.01. The van der Waals surface area contributed by atoms with Crippen LogP contribution < -0.4 is 10.2 Å². The Labute approximate surface area is 192 Å². The van der Waals surface area contributed by atoms with Gasteiger partial charge in [0.25, 0.3) is 11.8 Å². The quantitative estimate of drug-likeness (QED) is 0.470. The van der Waals surface area contributed by atoms with Gasteiger partial charge in [0, 0.05) is 11.4 Å². The maximum atomic E-state index is 13.3. The molecule has 0 radical (unpaired) electrons. The second kappa shape index (κ2) is 7.96. The predicted molar refractivity (Wildman–Crippen MR) is 121 cm³/mol. The van der Waals surface area contributed by atoms with Crippen molar-refractivity contribution >= 4 is 51.1 Å². The molecule has 2 fully saturated rings. The molecule has 2 unspecified atom stereocenters. The number of esters is 1. The van der Waals surface area contributed by atoms with E-state index in [1.54, 1.807) is 0 Å². The van der Waals surface area contributed by atoms with Gasteiger partial charge in [0.2, 0.25) is 0 Å². The van der Waals surface area contributed by atoms with Crippen LogP contribution >= 0.6 is 11.3 Å². The number of ether oxygens (including phenoxy) is 1. The van der Waals surface area contributed by atoms with Gasteiger partial charge >= 0.3 is 12.0 Å². The lowest BCUT2D eigenvalue weighted by molar-refractivity contribution is -0.133. The highest BCUT2D eigenvalue weighted by atomic mass is 32.1. The van der Waals surface area contributed by atoms with Crippen LogP contribution in [-0.4, -0.2) is 52.9 Å². The van der Waals surface area contributed by atoms with Crippen molar-refractivity contribution in [1.82, 2.24) is 15.2 Å². The molecule has 4 amide bonds. The Morgan fingerprint density at radius 1 is 1.09 bits per heavy atom. The van der Waals surface area contributed by atoms with Gasteiger partial charge in [0.05, 0.1) is 7.11 Å². The van der Waals surface area contributed by atoms with Crippen molar-refractivity contribution in [2.24, 2.45) is 0 Å². The second-order valence-electron chi connectivity index (χ2n) is 8.01. The van der Waals surface area contributed by atoms with E-state index in [1.165, 1.54) is 17.4 Å². The van der Waals surface area contributed by atoms with E-state index >= 15 is 0 Å². The normalized spacial score (nSPS) is 22.8. The first-order valence-corrected chi connectivity index (χ1v) is 11.3. The zero-order valence-corrected chi connectivity index (χ0v) is 18.7. The third-order valence-corrected chi connectivity index (χ3v) is 6.85. The van der Waals surface area contributed by atoms with Gasteiger partial charge in [-0.3, -0.25) is 14.5 Å². The van der Waals surface area contributed by atoms with Gasteiger partial charge < -0.3 is 10.1 Å². The van der Waals surface area contributed by atoms with Crippen molar-refractivity contribution in [2.45, 2.75) is 31.5 Å². The van der Waals surface area contributed by atoms with Crippen molar-refractivity contribution in [1.29, 1.82) is 0 Å². The lowest BCUT2D eigenvalue weighted by Gasteiger charge is -2.20. The van der Waals surface area contributed by atoms with Crippen molar-refractivity contribution in [2.75, 3.05) is 12.0 Å². The fraction of sp³-hybridized carbons (Fsp3) is 0.261. The molecule has 33 heavy (non-hydrogen) atoms. The number of amides is 4. The molecule has 0 aliphatic carbocycles. The number of hydrogen-bond acceptors (Lipinski definition) is 7. The molecule has 3 atom stereocenters. The summed E-state index contributed by atoms with van der Waals surface area (Å²) in [5, 5.41) is 6.54. The van der Waals surface area contributed by atoms with E-state index < -0.39 is 35.9 Å². The standard InChI is InChI=1S/C23H20N4O5S/c1-12-9-17(19(28)26(12)23-24-16(11-33-23)21(30)32-2)27-20(29)18(25-22(27)31)15-8-7-13-5-3-4-6-14(13)10-15/h3-8,10-12,17-18H,9H2,1-2H3,(H,25,31)/t12?,17-,18?/m0/s1. The van der Waals surface area contributed by atoms with E-state index in [0.29, 0.717) is 10.7 Å². The molecule has 3 heterocycles. The van der Waals surface area contributed by atoms with Gasteiger partial charge in [0.1, 0.15) is 12.1 Å². The smallest absolute Gasteiger partial charge is 0.357 e. The number of imide groups is 1. The molecule has 3 aromatic rings. The zero-order valence-electron chi connectivity index (χ0n) is 17.8. The number of nitrogens with zero attached hydrogens (tertiary/aromatic N) is 3. The SMILES string of the molecule is COC(=O)c1csc(N2C(=O)[C@@H](N3C(=O)NC(c4ccc5ccccc5c4)C3=O)CC2C)n1. The van der Waals surface area contributed by atoms with Crippen molar-refractivity contribution < 1.29 is 23.9 Å². The number of thiazole rings is 1. The molecule has 1 N–H and O–H groups in total. The van der Waals surface area contributed by atoms with Gasteiger partial charge in [-0.05, 0) is 35.7 Å². The molecule has 9 nitrogen and oxygen atoms in total. The minimum Gasteiger partial charge on any atom is -0.464 e. The number of methoxy groups -OCH3 is 1. The summed E-state index contributed by atoms with van der Waals surface area (Å²) < 4.78 is 4.67. The third kappa shape index (κ3) is 3.43. The molecule has 0 bridgehead atoms. The van der Waals surface area contributed by atoms with Crippen LogP contribution in [0.25, 0.3) is 10.8 Å². The molecule has 2 aliphatic rings. The van der Waals surface area contributed by atoms with E-state index in [9.17, 15) is 19.2 Å². The summed E-state index contributed by atoms with van der Waals surface area (Å²) in [5.41, 5.74) is 0.764. The van der Waals surface area contributed by atoms with Crippen LogP contribution in [0, 0.1) is 0 Å². The summed E-state index contributed by atoms with van der Waals surface area (Å²) in [6.07, 6.45) is 0.273. The van der Waals surface area contributed by atoms with E-state index in [0.717, 1.165) is 27.0 Å². The first-order valence-electron chi connectivity index (χ1n) is 10.4. The Balaban J connectivity index is 1.40. The molecule has 2 aromatic carbocycles. The molecule has 168 valence electrons. The molecular weight excluding hydrogens is 444 g/mol. The van der Waals surface area contributed by atoms with Gasteiger partial charge in [-0.15, -0.1) is 11.3 Å². The number of rotatable bonds is 4. The number of benzene rings is 2. The Morgan fingerprint density at radius 3 is 2.61 bits per heavy atom. The predicted octanol–water partition coefficient (Wildman–Crippen LogP) is 2.87. The lowest BCUT2D eigenvalue weighted by Crippen LogP contribution is -2.45. The fourth-order valence-corrected chi connectivity index (χ4v) is 5.28. The highest BCUT2D eigenvalue weighted by Crippen LogP contribution is 2.35. The molecule has 0 spiro atoms. The number of hydrogen-bond donors (Lipinski definition) is 1. The van der Waals surface area contributed by atoms with E-state index in [4.69, 9.17) is 0 Å². The number of anilines is 1. The van der Waals surface area contributed by atoms with Crippen LogP contribution in [0.1, 0.15) is 35.4 Å². The van der Waals surface area contributed by atoms with E-state index in [2.05, 4.69) is 15.0 Å². The number of aromatic nitrogens is 1. The lowest BCUT2D eigenvalue weighted by atomic mass is 10.0. The number of nitrogens with one attached hydrogen (secondary N) is 1. The molecule has 0 saturated carbocycles. The average molecular weight is 465 g/mol. The Hall–Kier alpha value is -3.79. The molecule has 1 aromatic heterocycles. The fourth-order valence-electron chi connectivity index (χ4n) is 4.38. The van der Waals surface area contributed by atoms with Crippen molar-refractivity contribution in [3.05, 3.63) is 59.1 Å². The molecular formula is C23H20N4O5S. The first-order chi connectivity index (χ1) is 15.9. The monoisotopic (exact) mass is 464 g/mol. The Bertz CT molecular complexity index is 1300. The summed E-state index contributed by atoms with van der Waals surface area (Å²) in [5.74, 6) is -1.46. The first kappa shape index (κ1) is 21.1. The molecule has 2 aliphatic heterocycles. The molecule has 5 rings (SSSR count). The highest BCUT2D eigenvalue weighted by molar-refractivity contribution is 7.14. The van der Waals surface area contributed by atoms with Crippen LogP contribution in [0.3, 0.4) is 0 Å². The number of carbonyl (C=O) groups is 4. The topological polar surface area (TPSA) is 109 Å². The van der Waals surface area contributed by atoms with Gasteiger partial charge in [-0.1, -0.05) is 36.4 Å². The van der Waals surface area contributed by atoms with Crippen LogP contribution in [0.5, 0.6) is 0 Å². The van der Waals surface area contributed by atoms with Crippen molar-refractivity contribution in [3.8, 4) is 0 Å². The van der Waals surface area contributed by atoms with Gasteiger partial charge in [-0.2, -0.15) is 0 Å². The molecule has 2 saturated heterocycles. The largest absolute Gasteiger partial charge is 0.464 e. The van der Waals surface area contributed by atoms with Crippen molar-refractivity contribution in [3.63, 3.8) is 0 Å². The van der Waals surface area contributed by atoms with E-state index in [1.807, 2.05) is 49.4 Å². The van der Waals surface area contributed by atoms with Crippen LogP contribution in [0.4, 0.5) is 9.93 Å². The number of carbonyl (C=O) groups excluding carboxylic acids is 4. The number of fused-ring (bicyclic) bond motifs is 1. The van der Waals surface area contributed by atoms with Gasteiger partial charge in [0.15, 0.2) is 10.8 Å². The van der Waals surface area contributed by atoms with E-state index in [-0.39, 0.29) is 18.2 Å². The van der Waals surface area contributed by atoms with Crippen LogP contribution in [-0.2, 0) is 14.3 Å². The summed E-state index contributed by atoms with van der Waals surface area (Å²) in [6, 6.07) is 10.6. The zero-order chi connectivity index (χ0) is 23.3. The second-order valence-corrected chi connectivity index (χ2v) is 8.85. The molecule has 10 heteroatoms. The van der Waals surface area contributed by atoms with Gasteiger partial charge in [-0.25, -0.2) is 19.5 Å². The summed E-state index contributed by atoms with van der Waals surface area (Å²) in [7, 11) is 1.25. The number of urea groups is 1. The van der Waals surface area contributed by atoms with Crippen LogP contribution in [0.2, 0.25) is 0 Å². The summed E-state index contributed by atoms with van der Waals surface area (Å²) >= 11 is 1.13. The minimum absolute atomic E-state index is 0.104. The Morgan fingerprint density at radius 2 is 1.85 bits per heavy atom. The summed E-state index contributed by atoms with van der Waals surface area (Å²) in [4.78, 5) is 57.7. The van der Waals surface area contributed by atoms with Crippen LogP contribution in [0.15, 0.2) is 47.8 Å². The highest BCUT2D eigenvalue weighted by Gasteiger charge is 2.51. The Kier molecular flexibility index (Phi) is 5.09. The average Bonchev–Trinajstić information content (AvgIpc) is 3.49. The maximum Gasteiger partial charge on any atom is 0.357 e. The minimum atomic E-state index is -0.941.